The summed E-state index contributed by atoms with van der Waals surface area (Å²) in [7, 11) is 0. The third-order valence-electron chi connectivity index (χ3n) is 2.69. The summed E-state index contributed by atoms with van der Waals surface area (Å²) in [4.78, 5) is 12.8. The van der Waals surface area contributed by atoms with Crippen LogP contribution in [-0.4, -0.2) is 5.78 Å². The minimum atomic E-state index is -0.310. The lowest BCUT2D eigenvalue weighted by molar-refractivity contribution is 0.0995. The molecule has 1 nitrogen and oxygen atoms in total. The van der Waals surface area contributed by atoms with Gasteiger partial charge in [0.15, 0.2) is 5.78 Å². The maximum Gasteiger partial charge on any atom is 0.177 e. The van der Waals surface area contributed by atoms with Gasteiger partial charge in [0.25, 0.3) is 0 Å². The molecular formula is C14H13FOS. The van der Waals surface area contributed by atoms with E-state index in [-0.39, 0.29) is 18.0 Å². The van der Waals surface area contributed by atoms with E-state index in [9.17, 15) is 9.18 Å². The lowest BCUT2D eigenvalue weighted by atomic mass is 10.0. The van der Waals surface area contributed by atoms with Crippen LogP contribution in [0, 0.1) is 5.82 Å². The van der Waals surface area contributed by atoms with Crippen molar-refractivity contribution in [1.29, 1.82) is 0 Å². The molecule has 88 valence electrons. The summed E-state index contributed by atoms with van der Waals surface area (Å²) in [5.41, 5.74) is 1.52. The molecule has 1 heterocycles. The monoisotopic (exact) mass is 248 g/mol. The average molecular weight is 248 g/mol. The number of ketones is 1. The lowest BCUT2D eigenvalue weighted by Crippen LogP contribution is -2.05. The molecule has 17 heavy (non-hydrogen) atoms. The van der Waals surface area contributed by atoms with E-state index in [1.165, 1.54) is 17.4 Å². The molecule has 1 aromatic heterocycles. The first-order chi connectivity index (χ1) is 8.22. The molecule has 0 aliphatic rings. The van der Waals surface area contributed by atoms with Gasteiger partial charge < -0.3 is 0 Å². The van der Waals surface area contributed by atoms with Gasteiger partial charge in [-0.2, -0.15) is 0 Å². The van der Waals surface area contributed by atoms with Crippen molar-refractivity contribution in [3.63, 3.8) is 0 Å². The Morgan fingerprint density at radius 3 is 2.71 bits per heavy atom. The highest BCUT2D eigenvalue weighted by Gasteiger charge is 2.14. The maximum absolute atomic E-state index is 13.4. The number of aryl methyl sites for hydroxylation is 1. The Bertz CT molecular complexity index is 531. The molecule has 0 N–H and O–H groups in total. The number of thiophene rings is 1. The minimum Gasteiger partial charge on any atom is -0.293 e. The van der Waals surface area contributed by atoms with Crippen molar-refractivity contribution in [1.82, 2.24) is 0 Å². The maximum atomic E-state index is 13.4. The summed E-state index contributed by atoms with van der Waals surface area (Å²) in [5, 5.41) is 1.91. The second-order valence-corrected chi connectivity index (χ2v) is 4.74. The van der Waals surface area contributed by atoms with Crippen molar-refractivity contribution in [3.05, 3.63) is 57.5 Å². The van der Waals surface area contributed by atoms with Gasteiger partial charge in [0, 0.05) is 6.42 Å². The summed E-state index contributed by atoms with van der Waals surface area (Å²) in [6.45, 7) is 2.02. The van der Waals surface area contributed by atoms with Crippen LogP contribution in [0.5, 0.6) is 0 Å². The van der Waals surface area contributed by atoms with Gasteiger partial charge in [-0.3, -0.25) is 4.79 Å². The zero-order chi connectivity index (χ0) is 12.3. The van der Waals surface area contributed by atoms with Crippen molar-refractivity contribution < 1.29 is 9.18 Å². The first-order valence-corrected chi connectivity index (χ1v) is 6.43. The zero-order valence-corrected chi connectivity index (χ0v) is 10.4. The normalized spacial score (nSPS) is 10.5. The fraction of sp³-hybridized carbons (Fsp3) is 0.214. The molecule has 2 aromatic rings. The number of hydrogen-bond donors (Lipinski definition) is 0. The van der Waals surface area contributed by atoms with E-state index in [1.54, 1.807) is 18.2 Å². The molecule has 0 amide bonds. The summed E-state index contributed by atoms with van der Waals surface area (Å²) in [6, 6.07) is 8.39. The second-order valence-electron chi connectivity index (χ2n) is 3.82. The van der Waals surface area contributed by atoms with E-state index < -0.39 is 0 Å². The zero-order valence-electron chi connectivity index (χ0n) is 9.57. The molecule has 0 radical (unpaired) electrons. The van der Waals surface area contributed by atoms with Gasteiger partial charge in [-0.15, -0.1) is 11.3 Å². The van der Waals surface area contributed by atoms with Crippen LogP contribution in [0.3, 0.4) is 0 Å². The largest absolute Gasteiger partial charge is 0.293 e. The van der Waals surface area contributed by atoms with Gasteiger partial charge in [-0.1, -0.05) is 25.1 Å². The summed E-state index contributed by atoms with van der Waals surface area (Å²) >= 11 is 1.44. The first kappa shape index (κ1) is 12.0. The highest BCUT2D eigenvalue weighted by atomic mass is 32.1. The van der Waals surface area contributed by atoms with Crippen LogP contribution in [0.15, 0.2) is 35.7 Å². The first-order valence-electron chi connectivity index (χ1n) is 5.55. The molecular weight excluding hydrogens is 235 g/mol. The number of Topliss-reactive ketones (excluding diaryl/α,β-unsaturated/α-hetero) is 1. The number of benzene rings is 1. The molecule has 1 aromatic carbocycles. The molecule has 0 fully saturated rings. The lowest BCUT2D eigenvalue weighted by Gasteiger charge is -2.02. The van der Waals surface area contributed by atoms with Gasteiger partial charge in [0.2, 0.25) is 0 Å². The quantitative estimate of drug-likeness (QED) is 0.750. The Morgan fingerprint density at radius 1 is 1.24 bits per heavy atom. The van der Waals surface area contributed by atoms with Crippen LogP contribution >= 0.6 is 11.3 Å². The van der Waals surface area contributed by atoms with Crippen molar-refractivity contribution in [2.24, 2.45) is 0 Å². The summed E-state index contributed by atoms with van der Waals surface area (Å²) in [6.07, 6.45) is 0.974. The Hall–Kier alpha value is -1.48. The predicted octanol–water partition coefficient (Wildman–Crippen LogP) is 3.88. The van der Waals surface area contributed by atoms with Crippen LogP contribution in [0.25, 0.3) is 0 Å². The number of carbonyl (C=O) groups is 1. The Kier molecular flexibility index (Phi) is 3.69. The summed E-state index contributed by atoms with van der Waals surface area (Å²) in [5.74, 6) is -0.308. The highest BCUT2D eigenvalue weighted by molar-refractivity contribution is 7.12. The molecule has 0 atom stereocenters. The summed E-state index contributed by atoms with van der Waals surface area (Å²) < 4.78 is 13.4. The van der Waals surface area contributed by atoms with E-state index in [2.05, 4.69) is 0 Å². The van der Waals surface area contributed by atoms with Gasteiger partial charge in [0.1, 0.15) is 5.82 Å². The molecule has 0 aliphatic heterocycles. The number of halogens is 1. The molecule has 0 saturated carbocycles. The molecule has 2 rings (SSSR count). The molecule has 0 unspecified atom stereocenters. The predicted molar refractivity (Wildman–Crippen MR) is 68.1 cm³/mol. The fourth-order valence-electron chi connectivity index (χ4n) is 1.75. The Balaban J connectivity index is 2.20. The van der Waals surface area contributed by atoms with Crippen molar-refractivity contribution in [2.45, 2.75) is 19.8 Å². The minimum absolute atomic E-state index is 0.00181. The van der Waals surface area contributed by atoms with E-state index >= 15 is 0 Å². The van der Waals surface area contributed by atoms with E-state index in [4.69, 9.17) is 0 Å². The van der Waals surface area contributed by atoms with Crippen molar-refractivity contribution in [3.8, 4) is 0 Å². The van der Waals surface area contributed by atoms with Crippen molar-refractivity contribution >= 4 is 17.1 Å². The SMILES string of the molecule is CCc1ccsc1C(=O)Cc1ccccc1F. The van der Waals surface area contributed by atoms with Crippen LogP contribution < -0.4 is 0 Å². The molecule has 0 bridgehead atoms. The van der Waals surface area contributed by atoms with E-state index in [1.807, 2.05) is 18.4 Å². The van der Waals surface area contributed by atoms with Crippen LogP contribution in [0.4, 0.5) is 4.39 Å². The van der Waals surface area contributed by atoms with E-state index in [0.717, 1.165) is 16.9 Å². The second kappa shape index (κ2) is 5.23. The van der Waals surface area contributed by atoms with Crippen molar-refractivity contribution in [2.75, 3.05) is 0 Å². The van der Waals surface area contributed by atoms with Gasteiger partial charge >= 0.3 is 0 Å². The van der Waals surface area contributed by atoms with E-state index in [0.29, 0.717) is 5.56 Å². The number of hydrogen-bond acceptors (Lipinski definition) is 2. The topological polar surface area (TPSA) is 17.1 Å². The van der Waals surface area contributed by atoms with Gasteiger partial charge in [0.05, 0.1) is 4.88 Å². The molecule has 3 heteroatoms. The number of carbonyl (C=O) groups excluding carboxylic acids is 1. The average Bonchev–Trinajstić information content (AvgIpc) is 2.80. The fourth-order valence-corrected chi connectivity index (χ4v) is 2.69. The van der Waals surface area contributed by atoms with Crippen LogP contribution in [0.1, 0.15) is 27.7 Å². The van der Waals surface area contributed by atoms with Gasteiger partial charge in [-0.05, 0) is 35.1 Å². The van der Waals surface area contributed by atoms with Crippen LogP contribution in [0.2, 0.25) is 0 Å². The van der Waals surface area contributed by atoms with Crippen LogP contribution in [-0.2, 0) is 12.8 Å². The Labute approximate surface area is 104 Å². The molecule has 0 saturated heterocycles. The number of rotatable bonds is 4. The third kappa shape index (κ3) is 2.61. The standard InChI is InChI=1S/C14H13FOS/c1-2-10-7-8-17-14(10)13(16)9-11-5-3-4-6-12(11)15/h3-8H,2,9H2,1H3. The van der Waals surface area contributed by atoms with Gasteiger partial charge in [-0.25, -0.2) is 4.39 Å². The molecule has 0 spiro atoms. The molecule has 0 aliphatic carbocycles. The third-order valence-corrected chi connectivity index (χ3v) is 3.69. The highest BCUT2D eigenvalue weighted by Crippen LogP contribution is 2.20. The smallest absolute Gasteiger partial charge is 0.177 e. The Morgan fingerprint density at radius 2 is 2.00 bits per heavy atom.